The van der Waals surface area contributed by atoms with Crippen LogP contribution in [0.3, 0.4) is 0 Å². The van der Waals surface area contributed by atoms with Gasteiger partial charge in [0.15, 0.2) is 0 Å². The second-order valence-electron chi connectivity index (χ2n) is 5.51. The zero-order chi connectivity index (χ0) is 13.9. The summed E-state index contributed by atoms with van der Waals surface area (Å²) in [5.74, 6) is 0.140. The van der Waals surface area contributed by atoms with E-state index in [4.69, 9.17) is 0 Å². The van der Waals surface area contributed by atoms with Crippen LogP contribution in [-0.4, -0.2) is 30.9 Å². The first-order valence-corrected chi connectivity index (χ1v) is 7.15. The highest BCUT2D eigenvalue weighted by molar-refractivity contribution is 5.98. The standard InChI is InChI=1S/C15H19N3O2/c19-14(10-4-5-10)17-12-3-1-2-11(8-12)15(20)18-13-6-7-16-9-13/h1-3,8,10,13,16H,4-7,9H2,(H,17,19)(H,18,20). The smallest absolute Gasteiger partial charge is 0.251 e. The van der Waals surface area contributed by atoms with Gasteiger partial charge in [-0.1, -0.05) is 6.07 Å². The highest BCUT2D eigenvalue weighted by Gasteiger charge is 2.29. The van der Waals surface area contributed by atoms with Crippen molar-refractivity contribution in [3.63, 3.8) is 0 Å². The van der Waals surface area contributed by atoms with Gasteiger partial charge in [0.1, 0.15) is 0 Å². The number of carbonyl (C=O) groups excluding carboxylic acids is 2. The summed E-state index contributed by atoms with van der Waals surface area (Å²) in [6.45, 7) is 1.77. The summed E-state index contributed by atoms with van der Waals surface area (Å²) in [6.07, 6.45) is 2.91. The average Bonchev–Trinajstić information content (AvgIpc) is 3.18. The van der Waals surface area contributed by atoms with Crippen LogP contribution < -0.4 is 16.0 Å². The summed E-state index contributed by atoms with van der Waals surface area (Å²) >= 11 is 0. The quantitative estimate of drug-likeness (QED) is 0.770. The molecule has 1 aliphatic carbocycles. The van der Waals surface area contributed by atoms with Gasteiger partial charge >= 0.3 is 0 Å². The molecule has 2 amide bonds. The molecule has 1 saturated heterocycles. The van der Waals surface area contributed by atoms with E-state index in [0.717, 1.165) is 32.4 Å². The van der Waals surface area contributed by atoms with Gasteiger partial charge in [-0.15, -0.1) is 0 Å². The SMILES string of the molecule is O=C(NC1CCNC1)c1cccc(NC(=O)C2CC2)c1. The molecule has 5 nitrogen and oxygen atoms in total. The Morgan fingerprint density at radius 3 is 2.75 bits per heavy atom. The Bertz CT molecular complexity index is 520. The van der Waals surface area contributed by atoms with E-state index >= 15 is 0 Å². The fourth-order valence-electron chi connectivity index (χ4n) is 2.37. The summed E-state index contributed by atoms with van der Waals surface area (Å²) in [4.78, 5) is 23.8. The van der Waals surface area contributed by atoms with Crippen LogP contribution in [0.1, 0.15) is 29.6 Å². The van der Waals surface area contributed by atoms with Crippen LogP contribution in [0.25, 0.3) is 0 Å². The van der Waals surface area contributed by atoms with E-state index in [0.29, 0.717) is 11.3 Å². The van der Waals surface area contributed by atoms with Crippen LogP contribution in [0, 0.1) is 5.92 Å². The lowest BCUT2D eigenvalue weighted by atomic mass is 10.1. The molecule has 2 aliphatic rings. The van der Waals surface area contributed by atoms with Crippen LogP contribution in [0.2, 0.25) is 0 Å². The first-order valence-electron chi connectivity index (χ1n) is 7.15. The van der Waals surface area contributed by atoms with Gasteiger partial charge in [0, 0.05) is 29.8 Å². The minimum atomic E-state index is -0.0822. The minimum Gasteiger partial charge on any atom is -0.348 e. The van der Waals surface area contributed by atoms with Crippen molar-refractivity contribution >= 4 is 17.5 Å². The monoisotopic (exact) mass is 273 g/mol. The van der Waals surface area contributed by atoms with Crippen molar-refractivity contribution in [1.82, 2.24) is 10.6 Å². The molecular formula is C15H19N3O2. The molecule has 1 aromatic rings. The van der Waals surface area contributed by atoms with E-state index in [-0.39, 0.29) is 23.8 Å². The lowest BCUT2D eigenvalue weighted by Crippen LogP contribution is -2.36. The molecule has 0 radical (unpaired) electrons. The van der Waals surface area contributed by atoms with Crippen LogP contribution in [-0.2, 0) is 4.79 Å². The predicted octanol–water partition coefficient (Wildman–Crippen LogP) is 1.13. The van der Waals surface area contributed by atoms with Crippen molar-refractivity contribution in [3.8, 4) is 0 Å². The average molecular weight is 273 g/mol. The van der Waals surface area contributed by atoms with Crippen molar-refractivity contribution in [1.29, 1.82) is 0 Å². The number of hydrogen-bond acceptors (Lipinski definition) is 3. The van der Waals surface area contributed by atoms with Gasteiger partial charge in [-0.2, -0.15) is 0 Å². The molecule has 0 aromatic heterocycles. The van der Waals surface area contributed by atoms with Crippen LogP contribution >= 0.6 is 0 Å². The van der Waals surface area contributed by atoms with Gasteiger partial charge in [-0.3, -0.25) is 9.59 Å². The second-order valence-corrected chi connectivity index (χ2v) is 5.51. The number of carbonyl (C=O) groups is 2. The van der Waals surface area contributed by atoms with Crippen LogP contribution in [0.5, 0.6) is 0 Å². The fraction of sp³-hybridized carbons (Fsp3) is 0.467. The van der Waals surface area contributed by atoms with Crippen LogP contribution in [0.4, 0.5) is 5.69 Å². The normalized spacial score (nSPS) is 21.5. The molecular weight excluding hydrogens is 254 g/mol. The van der Waals surface area contributed by atoms with Gasteiger partial charge in [-0.25, -0.2) is 0 Å². The molecule has 1 heterocycles. The molecule has 5 heteroatoms. The van der Waals surface area contributed by atoms with E-state index in [1.807, 2.05) is 6.07 Å². The van der Waals surface area contributed by atoms with Crippen molar-refractivity contribution in [2.24, 2.45) is 5.92 Å². The third-order valence-corrected chi connectivity index (χ3v) is 3.74. The highest BCUT2D eigenvalue weighted by Crippen LogP contribution is 2.30. The van der Waals surface area contributed by atoms with Crippen molar-refractivity contribution < 1.29 is 9.59 Å². The number of nitrogens with one attached hydrogen (secondary N) is 3. The summed E-state index contributed by atoms with van der Waals surface area (Å²) in [5, 5.41) is 9.07. The lowest BCUT2D eigenvalue weighted by Gasteiger charge is -2.12. The highest BCUT2D eigenvalue weighted by atomic mass is 16.2. The van der Waals surface area contributed by atoms with E-state index in [9.17, 15) is 9.59 Å². The predicted molar refractivity (Wildman–Crippen MR) is 76.5 cm³/mol. The molecule has 3 rings (SSSR count). The van der Waals surface area contributed by atoms with E-state index in [2.05, 4.69) is 16.0 Å². The Morgan fingerprint density at radius 2 is 2.05 bits per heavy atom. The third-order valence-electron chi connectivity index (χ3n) is 3.74. The van der Waals surface area contributed by atoms with Crippen molar-refractivity contribution in [2.45, 2.75) is 25.3 Å². The Morgan fingerprint density at radius 1 is 1.20 bits per heavy atom. The zero-order valence-electron chi connectivity index (χ0n) is 11.3. The molecule has 3 N–H and O–H groups in total. The molecule has 1 aromatic carbocycles. The van der Waals surface area contributed by atoms with E-state index < -0.39 is 0 Å². The van der Waals surface area contributed by atoms with E-state index in [1.54, 1.807) is 18.2 Å². The summed E-state index contributed by atoms with van der Waals surface area (Å²) in [5.41, 5.74) is 1.28. The van der Waals surface area contributed by atoms with Gasteiger partial charge in [-0.05, 0) is 44.0 Å². The number of hydrogen-bond donors (Lipinski definition) is 3. The third kappa shape index (κ3) is 3.17. The molecule has 1 atom stereocenters. The molecule has 1 aliphatic heterocycles. The maximum absolute atomic E-state index is 12.1. The number of anilines is 1. The molecule has 2 fully saturated rings. The Balaban J connectivity index is 1.63. The fourth-order valence-corrected chi connectivity index (χ4v) is 2.37. The molecule has 20 heavy (non-hydrogen) atoms. The largest absolute Gasteiger partial charge is 0.348 e. The Kier molecular flexibility index (Phi) is 3.69. The molecule has 106 valence electrons. The molecule has 0 bridgehead atoms. The first kappa shape index (κ1) is 13.1. The summed E-state index contributed by atoms with van der Waals surface area (Å²) in [6, 6.07) is 7.31. The first-order chi connectivity index (χ1) is 9.72. The van der Waals surface area contributed by atoms with Gasteiger partial charge in [0.2, 0.25) is 5.91 Å². The summed E-state index contributed by atoms with van der Waals surface area (Å²) < 4.78 is 0. The van der Waals surface area contributed by atoms with Gasteiger partial charge < -0.3 is 16.0 Å². The van der Waals surface area contributed by atoms with Crippen molar-refractivity contribution in [2.75, 3.05) is 18.4 Å². The summed E-state index contributed by atoms with van der Waals surface area (Å²) in [7, 11) is 0. The topological polar surface area (TPSA) is 70.2 Å². The lowest BCUT2D eigenvalue weighted by molar-refractivity contribution is -0.117. The van der Waals surface area contributed by atoms with E-state index in [1.165, 1.54) is 0 Å². The van der Waals surface area contributed by atoms with Gasteiger partial charge in [0.05, 0.1) is 0 Å². The zero-order valence-corrected chi connectivity index (χ0v) is 11.3. The van der Waals surface area contributed by atoms with Crippen LogP contribution in [0.15, 0.2) is 24.3 Å². The Labute approximate surface area is 118 Å². The minimum absolute atomic E-state index is 0.0579. The maximum Gasteiger partial charge on any atom is 0.251 e. The van der Waals surface area contributed by atoms with Gasteiger partial charge in [0.25, 0.3) is 5.91 Å². The maximum atomic E-state index is 12.1. The Hall–Kier alpha value is -1.88. The number of benzene rings is 1. The number of rotatable bonds is 4. The molecule has 1 saturated carbocycles. The number of amides is 2. The second kappa shape index (κ2) is 5.63. The molecule has 0 spiro atoms. The van der Waals surface area contributed by atoms with Crippen molar-refractivity contribution in [3.05, 3.63) is 29.8 Å². The molecule has 1 unspecified atom stereocenters.